The number of primary amides is 1. The lowest BCUT2D eigenvalue weighted by Gasteiger charge is -2.21. The van der Waals surface area contributed by atoms with Crippen LogP contribution in [-0.4, -0.2) is 15.7 Å². The zero-order valence-electron chi connectivity index (χ0n) is 8.65. The number of carbonyl (C=O) groups excluding carboxylic acids is 1. The fourth-order valence-corrected chi connectivity index (χ4v) is 2.13. The molecule has 15 heavy (non-hydrogen) atoms. The molecule has 1 saturated carbocycles. The summed E-state index contributed by atoms with van der Waals surface area (Å²) in [6, 6.07) is 0.383. The van der Waals surface area contributed by atoms with E-state index in [9.17, 15) is 4.79 Å². The molecule has 5 nitrogen and oxygen atoms in total. The van der Waals surface area contributed by atoms with Crippen molar-refractivity contribution in [2.75, 3.05) is 5.73 Å². The second-order valence-corrected chi connectivity index (χ2v) is 4.07. The van der Waals surface area contributed by atoms with Gasteiger partial charge in [-0.1, -0.05) is 19.3 Å². The summed E-state index contributed by atoms with van der Waals surface area (Å²) in [6.45, 7) is 0. The molecule has 1 aliphatic rings. The van der Waals surface area contributed by atoms with E-state index in [0.717, 1.165) is 12.8 Å². The summed E-state index contributed by atoms with van der Waals surface area (Å²) in [5, 5.41) is 4.15. The van der Waals surface area contributed by atoms with Crippen LogP contribution in [0, 0.1) is 0 Å². The van der Waals surface area contributed by atoms with Crippen molar-refractivity contribution in [1.82, 2.24) is 9.78 Å². The Labute approximate surface area is 88.4 Å². The average molecular weight is 208 g/mol. The zero-order chi connectivity index (χ0) is 10.8. The number of rotatable bonds is 2. The van der Waals surface area contributed by atoms with Crippen molar-refractivity contribution in [3.8, 4) is 0 Å². The molecule has 0 aromatic carbocycles. The highest BCUT2D eigenvalue weighted by molar-refractivity contribution is 5.95. The van der Waals surface area contributed by atoms with Crippen molar-refractivity contribution in [1.29, 1.82) is 0 Å². The van der Waals surface area contributed by atoms with Gasteiger partial charge in [-0.3, -0.25) is 9.48 Å². The maximum Gasteiger partial charge on any atom is 0.271 e. The van der Waals surface area contributed by atoms with Crippen LogP contribution >= 0.6 is 0 Å². The number of hydrogen-bond donors (Lipinski definition) is 2. The predicted molar refractivity (Wildman–Crippen MR) is 57.3 cm³/mol. The molecule has 0 atom stereocenters. The third kappa shape index (κ3) is 1.95. The van der Waals surface area contributed by atoms with Crippen molar-refractivity contribution < 1.29 is 4.79 Å². The Morgan fingerprint density at radius 2 is 2.07 bits per heavy atom. The van der Waals surface area contributed by atoms with Gasteiger partial charge in [-0.05, 0) is 12.8 Å². The minimum absolute atomic E-state index is 0.195. The van der Waals surface area contributed by atoms with Gasteiger partial charge in [0, 0.05) is 6.20 Å². The van der Waals surface area contributed by atoms with Crippen LogP contribution in [0.2, 0.25) is 0 Å². The lowest BCUT2D eigenvalue weighted by molar-refractivity contribution is 0.0995. The number of amides is 1. The smallest absolute Gasteiger partial charge is 0.271 e. The van der Waals surface area contributed by atoms with Crippen LogP contribution in [-0.2, 0) is 0 Å². The fraction of sp³-hybridized carbons (Fsp3) is 0.600. The maximum absolute atomic E-state index is 11.0. The molecule has 0 spiro atoms. The molecule has 1 amide bonds. The second-order valence-electron chi connectivity index (χ2n) is 4.07. The number of nitrogens with two attached hydrogens (primary N) is 2. The lowest BCUT2D eigenvalue weighted by Crippen LogP contribution is -2.16. The SMILES string of the molecule is NC(=O)c1nn(C2CCCCC2)cc1N. The van der Waals surface area contributed by atoms with E-state index in [2.05, 4.69) is 5.10 Å². The predicted octanol–water partition coefficient (Wildman–Crippen LogP) is 1.07. The summed E-state index contributed by atoms with van der Waals surface area (Å²) in [4.78, 5) is 11.0. The molecule has 2 rings (SSSR count). The van der Waals surface area contributed by atoms with Gasteiger partial charge >= 0.3 is 0 Å². The molecule has 82 valence electrons. The quantitative estimate of drug-likeness (QED) is 0.762. The molecular weight excluding hydrogens is 192 g/mol. The van der Waals surface area contributed by atoms with Crippen molar-refractivity contribution >= 4 is 11.6 Å². The second kappa shape index (κ2) is 3.92. The molecule has 1 aromatic heterocycles. The van der Waals surface area contributed by atoms with Crippen LogP contribution in [0.25, 0.3) is 0 Å². The summed E-state index contributed by atoms with van der Waals surface area (Å²) < 4.78 is 1.80. The number of nitrogen functional groups attached to an aromatic ring is 1. The van der Waals surface area contributed by atoms with E-state index in [1.165, 1.54) is 19.3 Å². The Balaban J connectivity index is 2.21. The van der Waals surface area contributed by atoms with Crippen molar-refractivity contribution in [2.24, 2.45) is 5.73 Å². The van der Waals surface area contributed by atoms with Gasteiger partial charge < -0.3 is 11.5 Å². The molecule has 0 aliphatic heterocycles. The summed E-state index contributed by atoms with van der Waals surface area (Å²) >= 11 is 0. The number of hydrogen-bond acceptors (Lipinski definition) is 3. The first-order valence-corrected chi connectivity index (χ1v) is 5.33. The van der Waals surface area contributed by atoms with E-state index in [-0.39, 0.29) is 5.69 Å². The molecule has 0 saturated heterocycles. The molecule has 1 aromatic rings. The Morgan fingerprint density at radius 1 is 1.40 bits per heavy atom. The first kappa shape index (κ1) is 10.0. The van der Waals surface area contributed by atoms with Gasteiger partial charge in [-0.25, -0.2) is 0 Å². The van der Waals surface area contributed by atoms with Crippen LogP contribution in [0.3, 0.4) is 0 Å². The van der Waals surface area contributed by atoms with Gasteiger partial charge in [0.25, 0.3) is 5.91 Å². The minimum Gasteiger partial charge on any atom is -0.396 e. The molecular formula is C10H16N4O. The number of anilines is 1. The molecule has 4 N–H and O–H groups in total. The zero-order valence-corrected chi connectivity index (χ0v) is 8.65. The van der Waals surface area contributed by atoms with Crippen molar-refractivity contribution in [2.45, 2.75) is 38.1 Å². The Morgan fingerprint density at radius 3 is 2.60 bits per heavy atom. The van der Waals surface area contributed by atoms with Gasteiger partial charge in [0.1, 0.15) is 0 Å². The van der Waals surface area contributed by atoms with Crippen LogP contribution in [0.15, 0.2) is 6.20 Å². The third-order valence-electron chi connectivity index (χ3n) is 2.94. The summed E-state index contributed by atoms with van der Waals surface area (Å²) in [5.74, 6) is -0.554. The topological polar surface area (TPSA) is 86.9 Å². The van der Waals surface area contributed by atoms with Gasteiger partial charge in [-0.15, -0.1) is 0 Å². The van der Waals surface area contributed by atoms with Crippen LogP contribution in [0.4, 0.5) is 5.69 Å². The first-order chi connectivity index (χ1) is 7.18. The Hall–Kier alpha value is -1.52. The van der Waals surface area contributed by atoms with E-state index in [1.807, 2.05) is 0 Å². The lowest BCUT2D eigenvalue weighted by atomic mass is 9.96. The number of nitrogens with zero attached hydrogens (tertiary/aromatic N) is 2. The summed E-state index contributed by atoms with van der Waals surface area (Å²) in [6.07, 6.45) is 7.66. The Kier molecular flexibility index (Phi) is 2.62. The van der Waals surface area contributed by atoms with Crippen LogP contribution < -0.4 is 11.5 Å². The highest BCUT2D eigenvalue weighted by Crippen LogP contribution is 2.28. The van der Waals surface area contributed by atoms with E-state index in [4.69, 9.17) is 11.5 Å². The van der Waals surface area contributed by atoms with E-state index in [0.29, 0.717) is 11.7 Å². The normalized spacial score (nSPS) is 17.9. The maximum atomic E-state index is 11.0. The van der Waals surface area contributed by atoms with Gasteiger partial charge in [0.2, 0.25) is 0 Å². The standard InChI is InChI=1S/C10H16N4O/c11-8-6-14(13-9(8)10(12)15)7-4-2-1-3-5-7/h6-7H,1-5,11H2,(H2,12,15). The largest absolute Gasteiger partial charge is 0.396 e. The van der Waals surface area contributed by atoms with E-state index >= 15 is 0 Å². The third-order valence-corrected chi connectivity index (χ3v) is 2.94. The van der Waals surface area contributed by atoms with Crippen LogP contribution in [0.5, 0.6) is 0 Å². The highest BCUT2D eigenvalue weighted by Gasteiger charge is 2.19. The molecule has 0 radical (unpaired) electrons. The van der Waals surface area contributed by atoms with E-state index < -0.39 is 5.91 Å². The van der Waals surface area contributed by atoms with Gasteiger partial charge in [0.05, 0.1) is 11.7 Å². The molecule has 1 aliphatic carbocycles. The number of carbonyl (C=O) groups is 1. The molecule has 0 bridgehead atoms. The minimum atomic E-state index is -0.554. The van der Waals surface area contributed by atoms with Crippen LogP contribution in [0.1, 0.15) is 48.6 Å². The Bertz CT molecular complexity index is 365. The molecule has 0 unspecified atom stereocenters. The van der Waals surface area contributed by atoms with Crippen molar-refractivity contribution in [3.05, 3.63) is 11.9 Å². The summed E-state index contributed by atoms with van der Waals surface area (Å²) in [7, 11) is 0. The molecule has 1 fully saturated rings. The van der Waals surface area contributed by atoms with Gasteiger partial charge in [0.15, 0.2) is 5.69 Å². The first-order valence-electron chi connectivity index (χ1n) is 5.33. The fourth-order valence-electron chi connectivity index (χ4n) is 2.13. The van der Waals surface area contributed by atoms with E-state index in [1.54, 1.807) is 10.9 Å². The highest BCUT2D eigenvalue weighted by atomic mass is 16.1. The summed E-state index contributed by atoms with van der Waals surface area (Å²) in [5.41, 5.74) is 11.4. The molecule has 1 heterocycles. The van der Waals surface area contributed by atoms with Gasteiger partial charge in [-0.2, -0.15) is 5.10 Å². The van der Waals surface area contributed by atoms with Crippen molar-refractivity contribution in [3.63, 3.8) is 0 Å². The monoisotopic (exact) mass is 208 g/mol. The number of aromatic nitrogens is 2. The molecule has 5 heteroatoms. The average Bonchev–Trinajstić information content (AvgIpc) is 2.62.